The summed E-state index contributed by atoms with van der Waals surface area (Å²) >= 11 is 0. The maximum Gasteiger partial charge on any atom is 0.119 e. The first-order valence-corrected chi connectivity index (χ1v) is 22.9. The van der Waals surface area contributed by atoms with Crippen LogP contribution in [0.3, 0.4) is 0 Å². The Morgan fingerprint density at radius 2 is 0.982 bits per heavy atom. The molecule has 1 spiro atoms. The average molecular weight is 731 g/mol. The number of fused-ring (bicyclic) bond motifs is 11. The minimum atomic E-state index is -1.71. The molecule has 0 nitrogen and oxygen atoms in total. The lowest BCUT2D eigenvalue weighted by atomic mass is 9.80. The molecule has 9 aromatic rings. The first-order chi connectivity index (χ1) is 27.5. The third-order valence-corrected chi connectivity index (χ3v) is 19.3. The SMILES string of the molecule is CC1(C)c2ccccc2-c2c(-c3c4ccccc4c(-c4ccc5c(c4)-c4ccccc4[Si]54CCCC4)c4ccc(-c5ccc6ccccc6c5)cc34)cccc21. The van der Waals surface area contributed by atoms with Gasteiger partial charge in [-0.15, -0.1) is 0 Å². The summed E-state index contributed by atoms with van der Waals surface area (Å²) in [5.41, 5.74) is 16.3. The van der Waals surface area contributed by atoms with Gasteiger partial charge < -0.3 is 0 Å². The maximum atomic E-state index is 2.57. The van der Waals surface area contributed by atoms with Gasteiger partial charge in [-0.05, 0) is 140 Å². The fourth-order valence-electron chi connectivity index (χ4n) is 11.4. The lowest BCUT2D eigenvalue weighted by Gasteiger charge is -2.24. The van der Waals surface area contributed by atoms with Gasteiger partial charge in [0.15, 0.2) is 0 Å². The molecule has 1 fully saturated rings. The van der Waals surface area contributed by atoms with E-state index >= 15 is 0 Å². The zero-order chi connectivity index (χ0) is 37.2. The molecule has 0 bridgehead atoms. The van der Waals surface area contributed by atoms with E-state index < -0.39 is 8.07 Å². The van der Waals surface area contributed by atoms with Crippen molar-refractivity contribution < 1.29 is 0 Å². The van der Waals surface area contributed by atoms with Crippen LogP contribution in [-0.2, 0) is 5.41 Å². The van der Waals surface area contributed by atoms with Crippen molar-refractivity contribution in [2.45, 2.75) is 44.2 Å². The highest BCUT2D eigenvalue weighted by molar-refractivity contribution is 7.06. The van der Waals surface area contributed by atoms with Crippen LogP contribution < -0.4 is 10.4 Å². The Balaban J connectivity index is 1.18. The van der Waals surface area contributed by atoms with Crippen molar-refractivity contribution >= 4 is 50.8 Å². The van der Waals surface area contributed by atoms with Crippen molar-refractivity contribution in [3.05, 3.63) is 181 Å². The largest absolute Gasteiger partial charge is 0.119 e. The van der Waals surface area contributed by atoms with Gasteiger partial charge in [-0.1, -0.05) is 178 Å². The van der Waals surface area contributed by atoms with Gasteiger partial charge in [-0.3, -0.25) is 0 Å². The lowest BCUT2D eigenvalue weighted by Crippen LogP contribution is -2.52. The van der Waals surface area contributed by atoms with E-state index in [-0.39, 0.29) is 5.41 Å². The van der Waals surface area contributed by atoms with Crippen LogP contribution in [0.25, 0.3) is 88.0 Å². The van der Waals surface area contributed by atoms with Crippen LogP contribution in [0.15, 0.2) is 170 Å². The second-order valence-corrected chi connectivity index (χ2v) is 21.4. The van der Waals surface area contributed by atoms with Crippen molar-refractivity contribution in [2.24, 2.45) is 0 Å². The third-order valence-electron chi connectivity index (χ3n) is 14.0. The highest BCUT2D eigenvalue weighted by Gasteiger charge is 2.47. The maximum absolute atomic E-state index is 2.57. The zero-order valence-corrected chi connectivity index (χ0v) is 33.0. The van der Waals surface area contributed by atoms with Gasteiger partial charge in [0.25, 0.3) is 0 Å². The van der Waals surface area contributed by atoms with Crippen LogP contribution in [0.4, 0.5) is 0 Å². The predicted octanol–water partition coefficient (Wildman–Crippen LogP) is 13.8. The Kier molecular flexibility index (Phi) is 6.76. The number of rotatable bonds is 3. The molecule has 0 N–H and O–H groups in total. The average Bonchev–Trinajstić information content (AvgIpc) is 3.92. The first kappa shape index (κ1) is 32.2. The summed E-state index contributed by atoms with van der Waals surface area (Å²) in [5.74, 6) is 0. The number of hydrogen-bond donors (Lipinski definition) is 0. The Bertz CT molecular complexity index is 3120. The Hall–Kier alpha value is -6.02. The van der Waals surface area contributed by atoms with E-state index in [1.165, 1.54) is 124 Å². The Labute approximate surface area is 330 Å². The molecule has 266 valence electrons. The summed E-state index contributed by atoms with van der Waals surface area (Å²) in [6.07, 6.45) is 2.73. The number of hydrogen-bond acceptors (Lipinski definition) is 0. The van der Waals surface area contributed by atoms with Crippen molar-refractivity contribution in [1.82, 2.24) is 0 Å². The minimum Gasteiger partial charge on any atom is -0.0623 e. The van der Waals surface area contributed by atoms with E-state index in [4.69, 9.17) is 0 Å². The molecular formula is C55H42Si. The second kappa shape index (κ2) is 11.7. The molecule has 0 radical (unpaired) electrons. The summed E-state index contributed by atoms with van der Waals surface area (Å²) in [7, 11) is -1.71. The third kappa shape index (κ3) is 4.35. The molecule has 1 heteroatoms. The van der Waals surface area contributed by atoms with Crippen LogP contribution in [0.2, 0.25) is 12.1 Å². The van der Waals surface area contributed by atoms with Gasteiger partial charge in [0.2, 0.25) is 0 Å². The normalized spacial score (nSPS) is 15.7. The monoisotopic (exact) mass is 730 g/mol. The van der Waals surface area contributed by atoms with Crippen LogP contribution in [0.5, 0.6) is 0 Å². The van der Waals surface area contributed by atoms with E-state index in [1.807, 2.05) is 0 Å². The molecular weight excluding hydrogens is 689 g/mol. The quantitative estimate of drug-likeness (QED) is 0.125. The highest BCUT2D eigenvalue weighted by atomic mass is 28.3. The van der Waals surface area contributed by atoms with Crippen LogP contribution >= 0.6 is 0 Å². The second-order valence-electron chi connectivity index (χ2n) is 17.1. The smallest absolute Gasteiger partial charge is 0.0623 e. The fraction of sp³-hybridized carbons (Fsp3) is 0.127. The van der Waals surface area contributed by atoms with E-state index in [2.05, 4.69) is 184 Å². The van der Waals surface area contributed by atoms with Crippen LogP contribution in [-0.4, -0.2) is 8.07 Å². The summed E-state index contributed by atoms with van der Waals surface area (Å²) < 4.78 is 0. The summed E-state index contributed by atoms with van der Waals surface area (Å²) in [6, 6.07) is 68.1. The molecule has 0 aromatic heterocycles. The molecule has 0 amide bonds. The molecule has 1 saturated heterocycles. The van der Waals surface area contributed by atoms with Crippen molar-refractivity contribution in [3.8, 4) is 55.6 Å². The van der Waals surface area contributed by atoms with Crippen molar-refractivity contribution in [3.63, 3.8) is 0 Å². The first-order valence-electron chi connectivity index (χ1n) is 20.5. The molecule has 0 atom stereocenters. The molecule has 1 aliphatic carbocycles. The molecule has 56 heavy (non-hydrogen) atoms. The summed E-state index contributed by atoms with van der Waals surface area (Å²) in [4.78, 5) is 0. The van der Waals surface area contributed by atoms with Gasteiger partial charge in [0.05, 0.1) is 0 Å². The fourth-order valence-corrected chi connectivity index (χ4v) is 17.0. The van der Waals surface area contributed by atoms with Crippen LogP contribution in [0, 0.1) is 0 Å². The molecule has 0 saturated carbocycles. The molecule has 3 aliphatic rings. The van der Waals surface area contributed by atoms with Gasteiger partial charge in [0, 0.05) is 5.41 Å². The molecule has 2 heterocycles. The number of benzene rings is 9. The Morgan fingerprint density at radius 3 is 1.84 bits per heavy atom. The van der Waals surface area contributed by atoms with Gasteiger partial charge >= 0.3 is 0 Å². The Morgan fingerprint density at radius 1 is 0.375 bits per heavy atom. The van der Waals surface area contributed by atoms with Gasteiger partial charge in [0.1, 0.15) is 8.07 Å². The van der Waals surface area contributed by atoms with E-state index in [0.29, 0.717) is 0 Å². The molecule has 2 aliphatic heterocycles. The van der Waals surface area contributed by atoms with Crippen molar-refractivity contribution in [1.29, 1.82) is 0 Å². The predicted molar refractivity (Wildman–Crippen MR) is 242 cm³/mol. The van der Waals surface area contributed by atoms with Gasteiger partial charge in [-0.25, -0.2) is 0 Å². The lowest BCUT2D eigenvalue weighted by molar-refractivity contribution is 0.660. The minimum absolute atomic E-state index is 0.0789. The van der Waals surface area contributed by atoms with E-state index in [1.54, 1.807) is 10.4 Å². The molecule has 9 aromatic carbocycles. The van der Waals surface area contributed by atoms with E-state index in [9.17, 15) is 0 Å². The molecule has 12 rings (SSSR count). The standard InChI is InChI=1S/C55H42Si/c1-55(2)48-21-9-7-19-44(48)54-45(20-13-22-49(54)55)53-42-18-6-5-17-41(42)52(43-28-26-38(33-47(43)53)37-25-24-35-14-3-4-15-36(35)32-37)39-27-29-51-46(34-39)40-16-8-10-23-50(40)56(51)30-11-12-31-56/h3-10,13-29,32-34H,11-12,30-31H2,1-2H3. The zero-order valence-electron chi connectivity index (χ0n) is 32.0. The van der Waals surface area contributed by atoms with Crippen LogP contribution in [0.1, 0.15) is 37.8 Å². The topological polar surface area (TPSA) is 0 Å². The van der Waals surface area contributed by atoms with Gasteiger partial charge in [-0.2, -0.15) is 0 Å². The van der Waals surface area contributed by atoms with E-state index in [0.717, 1.165) is 0 Å². The summed E-state index contributed by atoms with van der Waals surface area (Å²) in [6.45, 7) is 4.78. The molecule has 0 unspecified atom stereocenters. The van der Waals surface area contributed by atoms with Crippen molar-refractivity contribution in [2.75, 3.05) is 0 Å². The summed E-state index contributed by atoms with van der Waals surface area (Å²) in [5, 5.41) is 11.1. The highest BCUT2D eigenvalue weighted by Crippen LogP contribution is 2.55.